The SMILES string of the molecule is CC(C)(C(=O)N1CCCC(N)C1)c1ccccc1Cl.Cl. The van der Waals surface area contributed by atoms with E-state index in [-0.39, 0.29) is 24.4 Å². The van der Waals surface area contributed by atoms with Gasteiger partial charge in [-0.1, -0.05) is 29.8 Å². The van der Waals surface area contributed by atoms with Crippen molar-refractivity contribution in [3.63, 3.8) is 0 Å². The molecule has 2 N–H and O–H groups in total. The van der Waals surface area contributed by atoms with Crippen LogP contribution in [0.5, 0.6) is 0 Å². The van der Waals surface area contributed by atoms with E-state index >= 15 is 0 Å². The molecule has 0 aliphatic carbocycles. The number of nitrogens with two attached hydrogens (primary N) is 1. The van der Waals surface area contributed by atoms with Gasteiger partial charge in [-0.25, -0.2) is 0 Å². The topological polar surface area (TPSA) is 46.3 Å². The molecule has 0 aromatic heterocycles. The third kappa shape index (κ3) is 3.46. The van der Waals surface area contributed by atoms with E-state index in [1.54, 1.807) is 0 Å². The van der Waals surface area contributed by atoms with Crippen LogP contribution in [0.25, 0.3) is 0 Å². The monoisotopic (exact) mass is 316 g/mol. The third-order valence-corrected chi connectivity index (χ3v) is 4.16. The van der Waals surface area contributed by atoms with Crippen LogP contribution in [0.15, 0.2) is 24.3 Å². The third-order valence-electron chi connectivity index (χ3n) is 3.83. The molecule has 1 aliphatic rings. The zero-order chi connectivity index (χ0) is 14.0. The Balaban J connectivity index is 0.00000200. The summed E-state index contributed by atoms with van der Waals surface area (Å²) in [4.78, 5) is 14.6. The smallest absolute Gasteiger partial charge is 0.232 e. The zero-order valence-electron chi connectivity index (χ0n) is 11.9. The number of benzene rings is 1. The summed E-state index contributed by atoms with van der Waals surface area (Å²) >= 11 is 6.22. The number of halogens is 2. The van der Waals surface area contributed by atoms with Gasteiger partial charge >= 0.3 is 0 Å². The van der Waals surface area contributed by atoms with Crippen molar-refractivity contribution in [3.8, 4) is 0 Å². The zero-order valence-corrected chi connectivity index (χ0v) is 13.5. The Morgan fingerprint density at radius 3 is 2.65 bits per heavy atom. The molecular formula is C15H22Cl2N2O. The summed E-state index contributed by atoms with van der Waals surface area (Å²) in [5, 5.41) is 0.641. The van der Waals surface area contributed by atoms with Crippen molar-refractivity contribution < 1.29 is 4.79 Å². The summed E-state index contributed by atoms with van der Waals surface area (Å²) in [5.74, 6) is 0.107. The van der Waals surface area contributed by atoms with Gasteiger partial charge in [-0.05, 0) is 38.3 Å². The summed E-state index contributed by atoms with van der Waals surface area (Å²) in [6, 6.07) is 7.64. The number of amides is 1. The fourth-order valence-electron chi connectivity index (χ4n) is 2.67. The standard InChI is InChI=1S/C15H21ClN2O.ClH/c1-15(2,12-7-3-4-8-13(12)16)14(19)18-9-5-6-11(17)10-18;/h3-4,7-8,11H,5-6,9-10,17H2,1-2H3;1H. The maximum atomic E-state index is 12.7. The Morgan fingerprint density at radius 1 is 1.40 bits per heavy atom. The van der Waals surface area contributed by atoms with Gasteiger partial charge in [0.1, 0.15) is 0 Å². The highest BCUT2D eigenvalue weighted by atomic mass is 35.5. The molecule has 0 spiro atoms. The lowest BCUT2D eigenvalue weighted by Gasteiger charge is -2.37. The van der Waals surface area contributed by atoms with Gasteiger partial charge in [0.2, 0.25) is 5.91 Å². The van der Waals surface area contributed by atoms with Crippen molar-refractivity contribution in [2.75, 3.05) is 13.1 Å². The number of likely N-dealkylation sites (tertiary alicyclic amines) is 1. The molecule has 1 heterocycles. The van der Waals surface area contributed by atoms with Gasteiger partial charge in [-0.15, -0.1) is 12.4 Å². The van der Waals surface area contributed by atoms with E-state index < -0.39 is 5.41 Å². The van der Waals surface area contributed by atoms with Crippen LogP contribution in [0.3, 0.4) is 0 Å². The molecule has 20 heavy (non-hydrogen) atoms. The first-order valence-corrected chi connectivity index (χ1v) is 7.10. The Kier molecular flexibility index (Phi) is 5.87. The van der Waals surface area contributed by atoms with Gasteiger partial charge in [0.15, 0.2) is 0 Å². The normalized spacial score (nSPS) is 19.4. The van der Waals surface area contributed by atoms with Gasteiger partial charge in [0.25, 0.3) is 0 Å². The first kappa shape index (κ1) is 17.3. The first-order valence-electron chi connectivity index (χ1n) is 6.73. The molecule has 5 heteroatoms. The predicted octanol–water partition coefficient (Wildman–Crippen LogP) is 2.99. The van der Waals surface area contributed by atoms with E-state index in [0.29, 0.717) is 11.6 Å². The highest BCUT2D eigenvalue weighted by Crippen LogP contribution is 2.32. The molecule has 112 valence electrons. The van der Waals surface area contributed by atoms with Crippen LogP contribution < -0.4 is 5.73 Å². The van der Waals surface area contributed by atoms with Crippen LogP contribution >= 0.6 is 24.0 Å². The van der Waals surface area contributed by atoms with Crippen molar-refractivity contribution in [3.05, 3.63) is 34.9 Å². The van der Waals surface area contributed by atoms with Crippen LogP contribution in [0.2, 0.25) is 5.02 Å². The van der Waals surface area contributed by atoms with Crippen molar-refractivity contribution in [1.82, 2.24) is 4.90 Å². The average Bonchev–Trinajstić information content (AvgIpc) is 2.38. The number of piperidine rings is 1. The minimum Gasteiger partial charge on any atom is -0.340 e. The molecule has 2 rings (SSSR count). The number of hydrogen-bond acceptors (Lipinski definition) is 2. The van der Waals surface area contributed by atoms with E-state index in [1.165, 1.54) is 0 Å². The Labute approximate surface area is 131 Å². The molecule has 1 saturated heterocycles. The summed E-state index contributed by atoms with van der Waals surface area (Å²) in [6.45, 7) is 5.29. The van der Waals surface area contributed by atoms with Crippen LogP contribution in [-0.4, -0.2) is 29.9 Å². The summed E-state index contributed by atoms with van der Waals surface area (Å²) in [6.07, 6.45) is 1.97. The molecule has 1 aliphatic heterocycles. The van der Waals surface area contributed by atoms with Crippen LogP contribution in [-0.2, 0) is 10.2 Å². The molecule has 3 nitrogen and oxygen atoms in total. The van der Waals surface area contributed by atoms with E-state index in [1.807, 2.05) is 43.0 Å². The summed E-state index contributed by atoms with van der Waals surface area (Å²) < 4.78 is 0. The number of carbonyl (C=O) groups is 1. The number of nitrogens with zero attached hydrogens (tertiary/aromatic N) is 1. The van der Waals surface area contributed by atoms with Gasteiger partial charge < -0.3 is 10.6 Å². The lowest BCUT2D eigenvalue weighted by Crippen LogP contribution is -2.51. The summed E-state index contributed by atoms with van der Waals surface area (Å²) in [7, 11) is 0. The van der Waals surface area contributed by atoms with E-state index in [2.05, 4.69) is 0 Å². The Morgan fingerprint density at radius 2 is 2.05 bits per heavy atom. The Bertz CT molecular complexity index is 477. The van der Waals surface area contributed by atoms with Gasteiger partial charge in [0.05, 0.1) is 5.41 Å². The molecule has 1 amide bonds. The second-order valence-corrected chi connectivity index (χ2v) is 6.17. The minimum absolute atomic E-state index is 0. The first-order chi connectivity index (χ1) is 8.93. The van der Waals surface area contributed by atoms with Crippen molar-refractivity contribution in [2.24, 2.45) is 5.73 Å². The molecule has 1 aromatic carbocycles. The molecule has 1 atom stereocenters. The fraction of sp³-hybridized carbons (Fsp3) is 0.533. The van der Waals surface area contributed by atoms with Crippen LogP contribution in [0.4, 0.5) is 0 Å². The number of carbonyl (C=O) groups excluding carboxylic acids is 1. The summed E-state index contributed by atoms with van der Waals surface area (Å²) in [5.41, 5.74) is 6.21. The van der Waals surface area contributed by atoms with Gasteiger partial charge in [-0.3, -0.25) is 4.79 Å². The lowest BCUT2D eigenvalue weighted by atomic mass is 9.82. The highest BCUT2D eigenvalue weighted by Gasteiger charge is 2.36. The largest absolute Gasteiger partial charge is 0.340 e. The van der Waals surface area contributed by atoms with E-state index in [4.69, 9.17) is 17.3 Å². The highest BCUT2D eigenvalue weighted by molar-refractivity contribution is 6.31. The quantitative estimate of drug-likeness (QED) is 0.911. The van der Waals surface area contributed by atoms with Crippen molar-refractivity contribution >= 4 is 29.9 Å². The van der Waals surface area contributed by atoms with Gasteiger partial charge in [0, 0.05) is 24.2 Å². The predicted molar refractivity (Wildman–Crippen MR) is 85.5 cm³/mol. The second-order valence-electron chi connectivity index (χ2n) is 5.76. The lowest BCUT2D eigenvalue weighted by molar-refractivity contribution is -0.137. The average molecular weight is 317 g/mol. The molecule has 1 fully saturated rings. The van der Waals surface area contributed by atoms with Crippen molar-refractivity contribution in [2.45, 2.75) is 38.1 Å². The van der Waals surface area contributed by atoms with Crippen LogP contribution in [0, 0.1) is 0 Å². The number of hydrogen-bond donors (Lipinski definition) is 1. The fourth-order valence-corrected chi connectivity index (χ4v) is 3.04. The molecule has 1 unspecified atom stereocenters. The maximum Gasteiger partial charge on any atom is 0.232 e. The Hall–Kier alpha value is -0.770. The molecule has 1 aromatic rings. The molecule has 0 saturated carbocycles. The molecule has 0 radical (unpaired) electrons. The van der Waals surface area contributed by atoms with Gasteiger partial charge in [-0.2, -0.15) is 0 Å². The minimum atomic E-state index is -0.616. The van der Waals surface area contributed by atoms with E-state index in [9.17, 15) is 4.79 Å². The second kappa shape index (κ2) is 6.79. The van der Waals surface area contributed by atoms with Crippen molar-refractivity contribution in [1.29, 1.82) is 0 Å². The molecule has 0 bridgehead atoms. The van der Waals surface area contributed by atoms with E-state index in [0.717, 1.165) is 24.9 Å². The maximum absolute atomic E-state index is 12.7. The van der Waals surface area contributed by atoms with Crippen LogP contribution in [0.1, 0.15) is 32.3 Å². The molecular weight excluding hydrogens is 295 g/mol. The number of rotatable bonds is 2.